The molecule has 0 bridgehead atoms. The molecule has 0 atom stereocenters. The van der Waals surface area contributed by atoms with Crippen LogP contribution in [0.2, 0.25) is 0 Å². The molecule has 34 heavy (non-hydrogen) atoms. The minimum Gasteiger partial charge on any atom is -0.0798 e. The molecule has 0 fully saturated rings. The third-order valence-corrected chi connectivity index (χ3v) is 11.0. The van der Waals surface area contributed by atoms with Crippen molar-refractivity contribution in [2.75, 3.05) is 0 Å². The maximum absolute atomic E-state index is 2.31. The first kappa shape index (κ1) is 22.0. The van der Waals surface area contributed by atoms with Gasteiger partial charge in [0.25, 0.3) is 0 Å². The van der Waals surface area contributed by atoms with Gasteiger partial charge in [-0.25, -0.2) is 0 Å². The standard InChI is InChI=1S/C30H20S4/c1-3-7-21(8-4-1)11-13-23-15-17-25-27(19-23)33-29(31-25)30-32-26-18-16-24(20-28(26)34-30)14-12-22-9-5-2-6-10-22/h1-20H. The first-order valence-electron chi connectivity index (χ1n) is 11.0. The lowest BCUT2D eigenvalue weighted by Gasteiger charge is -1.99. The van der Waals surface area contributed by atoms with Crippen molar-refractivity contribution in [2.24, 2.45) is 0 Å². The van der Waals surface area contributed by atoms with Crippen LogP contribution < -0.4 is 0 Å². The highest BCUT2D eigenvalue weighted by atomic mass is 32.2. The van der Waals surface area contributed by atoms with Crippen molar-refractivity contribution >= 4 is 71.4 Å². The number of hydrogen-bond acceptors (Lipinski definition) is 4. The van der Waals surface area contributed by atoms with E-state index in [4.69, 9.17) is 0 Å². The molecule has 0 N–H and O–H groups in total. The molecule has 0 aromatic heterocycles. The van der Waals surface area contributed by atoms with Crippen LogP contribution in [0.3, 0.4) is 0 Å². The van der Waals surface area contributed by atoms with E-state index < -0.39 is 0 Å². The van der Waals surface area contributed by atoms with Gasteiger partial charge >= 0.3 is 0 Å². The van der Waals surface area contributed by atoms with Gasteiger partial charge in [-0.05, 0) is 46.5 Å². The molecule has 2 aliphatic rings. The molecule has 6 rings (SSSR count). The Morgan fingerprint density at radius 2 is 0.735 bits per heavy atom. The molecule has 0 unspecified atom stereocenters. The van der Waals surface area contributed by atoms with Gasteiger partial charge in [0.2, 0.25) is 0 Å². The van der Waals surface area contributed by atoms with Crippen molar-refractivity contribution in [3.8, 4) is 0 Å². The van der Waals surface area contributed by atoms with Gasteiger partial charge in [0.05, 0.1) is 8.47 Å². The fourth-order valence-corrected chi connectivity index (χ4v) is 9.07. The monoisotopic (exact) mass is 508 g/mol. The summed E-state index contributed by atoms with van der Waals surface area (Å²) in [6.07, 6.45) is 8.75. The molecule has 0 saturated heterocycles. The predicted octanol–water partition coefficient (Wildman–Crippen LogP) is 10.2. The number of rotatable bonds is 4. The second kappa shape index (κ2) is 10.0. The summed E-state index contributed by atoms with van der Waals surface area (Å²) < 4.78 is 2.79. The third-order valence-electron chi connectivity index (χ3n) is 5.45. The molecule has 4 heteroatoms. The van der Waals surface area contributed by atoms with E-state index in [1.54, 1.807) is 0 Å². The number of thioether (sulfide) groups is 4. The average Bonchev–Trinajstić information content (AvgIpc) is 3.51. The van der Waals surface area contributed by atoms with Crippen LogP contribution in [0.1, 0.15) is 22.3 Å². The lowest BCUT2D eigenvalue weighted by atomic mass is 10.1. The van der Waals surface area contributed by atoms with Crippen LogP contribution in [0.4, 0.5) is 0 Å². The minimum atomic E-state index is 1.22. The Morgan fingerprint density at radius 3 is 1.18 bits per heavy atom. The van der Waals surface area contributed by atoms with Crippen LogP contribution in [-0.2, 0) is 0 Å². The highest BCUT2D eigenvalue weighted by Gasteiger charge is 2.27. The van der Waals surface area contributed by atoms with Crippen LogP contribution in [-0.4, -0.2) is 0 Å². The summed E-state index contributed by atoms with van der Waals surface area (Å²) in [4.78, 5) is 5.42. The fourth-order valence-electron chi connectivity index (χ4n) is 3.71. The van der Waals surface area contributed by atoms with Crippen LogP contribution in [0, 0.1) is 0 Å². The third kappa shape index (κ3) is 4.96. The van der Waals surface area contributed by atoms with E-state index in [1.165, 1.54) is 50.3 Å². The molecule has 2 aliphatic heterocycles. The number of fused-ring (bicyclic) bond motifs is 2. The van der Waals surface area contributed by atoms with Gasteiger partial charge in [-0.1, -0.05) is 144 Å². The molecule has 4 aromatic carbocycles. The quantitative estimate of drug-likeness (QED) is 0.251. The van der Waals surface area contributed by atoms with E-state index >= 15 is 0 Å². The molecule has 0 radical (unpaired) electrons. The first-order valence-corrected chi connectivity index (χ1v) is 14.3. The normalized spacial score (nSPS) is 16.9. The van der Waals surface area contributed by atoms with Crippen molar-refractivity contribution in [1.82, 2.24) is 0 Å². The summed E-state index contributed by atoms with van der Waals surface area (Å²) in [6, 6.07) is 34.5. The van der Waals surface area contributed by atoms with Crippen LogP contribution >= 0.6 is 47.0 Å². The molecule has 4 aromatic rings. The van der Waals surface area contributed by atoms with Crippen molar-refractivity contribution < 1.29 is 0 Å². The Morgan fingerprint density at radius 1 is 0.353 bits per heavy atom. The molecule has 0 saturated carbocycles. The van der Waals surface area contributed by atoms with Crippen molar-refractivity contribution in [2.45, 2.75) is 19.6 Å². The Bertz CT molecular complexity index is 1320. The second-order valence-corrected chi connectivity index (χ2v) is 12.6. The van der Waals surface area contributed by atoms with Gasteiger partial charge in [0.1, 0.15) is 0 Å². The van der Waals surface area contributed by atoms with Crippen molar-refractivity contribution in [1.29, 1.82) is 0 Å². The largest absolute Gasteiger partial charge is 0.0798 e. The summed E-state index contributed by atoms with van der Waals surface area (Å²) >= 11 is 7.61. The summed E-state index contributed by atoms with van der Waals surface area (Å²) in [7, 11) is 0. The molecular formula is C30H20S4. The van der Waals surface area contributed by atoms with Gasteiger partial charge in [0, 0.05) is 19.6 Å². The smallest absolute Gasteiger partial charge is 0.0706 e. The highest BCUT2D eigenvalue weighted by Crippen LogP contribution is 2.61. The van der Waals surface area contributed by atoms with Gasteiger partial charge < -0.3 is 0 Å². The minimum absolute atomic E-state index is 1.22. The molecule has 0 spiro atoms. The molecule has 164 valence electrons. The zero-order valence-corrected chi connectivity index (χ0v) is 21.4. The average molecular weight is 509 g/mol. The maximum atomic E-state index is 2.31. The van der Waals surface area contributed by atoms with Crippen LogP contribution in [0.5, 0.6) is 0 Å². The molecule has 2 heterocycles. The summed E-state index contributed by atoms with van der Waals surface area (Å²) in [6.45, 7) is 0. The van der Waals surface area contributed by atoms with E-state index in [-0.39, 0.29) is 0 Å². The van der Waals surface area contributed by atoms with E-state index in [1.807, 2.05) is 47.0 Å². The van der Waals surface area contributed by atoms with Gasteiger partial charge in [-0.15, -0.1) is 0 Å². The topological polar surface area (TPSA) is 0 Å². The predicted molar refractivity (Wildman–Crippen MR) is 154 cm³/mol. The van der Waals surface area contributed by atoms with E-state index in [0.29, 0.717) is 0 Å². The lowest BCUT2D eigenvalue weighted by Crippen LogP contribution is -1.75. The summed E-state index contributed by atoms with van der Waals surface area (Å²) in [5.74, 6) is 0. The number of hydrogen-bond donors (Lipinski definition) is 0. The highest BCUT2D eigenvalue weighted by molar-refractivity contribution is 8.30. The van der Waals surface area contributed by atoms with Gasteiger partial charge in [-0.3, -0.25) is 0 Å². The Kier molecular flexibility index (Phi) is 6.47. The Balaban J connectivity index is 1.18. The first-order chi connectivity index (χ1) is 16.8. The molecular weight excluding hydrogens is 489 g/mol. The molecule has 0 amide bonds. The SMILES string of the molecule is C(=Cc1ccc2c(c1)SC(=C1Sc3ccc(C=Cc4ccccc4)cc3S1)S2)c1ccccc1. The van der Waals surface area contributed by atoms with E-state index in [2.05, 4.69) is 121 Å². The maximum Gasteiger partial charge on any atom is 0.0706 e. The zero-order valence-electron chi connectivity index (χ0n) is 18.2. The van der Waals surface area contributed by atoms with E-state index in [0.717, 1.165) is 0 Å². The van der Waals surface area contributed by atoms with Gasteiger partial charge in [-0.2, -0.15) is 0 Å². The Hall–Kier alpha value is -2.50. The van der Waals surface area contributed by atoms with Crippen molar-refractivity contribution in [3.63, 3.8) is 0 Å². The summed E-state index contributed by atoms with van der Waals surface area (Å²) in [5, 5.41) is 0. The fraction of sp³-hybridized carbons (Fsp3) is 0. The zero-order chi connectivity index (χ0) is 22.7. The molecule has 0 aliphatic carbocycles. The molecule has 0 nitrogen and oxygen atoms in total. The number of benzene rings is 4. The Labute approximate surface area is 217 Å². The summed E-state index contributed by atoms with van der Waals surface area (Å²) in [5.41, 5.74) is 4.93. The lowest BCUT2D eigenvalue weighted by molar-refractivity contribution is 1.26. The van der Waals surface area contributed by atoms with E-state index in [9.17, 15) is 0 Å². The second-order valence-electron chi connectivity index (χ2n) is 7.88. The van der Waals surface area contributed by atoms with Crippen LogP contribution in [0.15, 0.2) is 125 Å². The van der Waals surface area contributed by atoms with Gasteiger partial charge in [0.15, 0.2) is 0 Å². The van der Waals surface area contributed by atoms with Crippen molar-refractivity contribution in [3.05, 3.63) is 128 Å². The van der Waals surface area contributed by atoms with Crippen LogP contribution in [0.25, 0.3) is 24.3 Å².